The van der Waals surface area contributed by atoms with Crippen molar-refractivity contribution in [2.75, 3.05) is 0 Å². The molecule has 0 atom stereocenters. The van der Waals surface area contributed by atoms with Crippen molar-refractivity contribution in [3.05, 3.63) is 109 Å². The molecule has 34 heavy (non-hydrogen) atoms. The molecule has 0 spiro atoms. The van der Waals surface area contributed by atoms with Gasteiger partial charge in [0, 0.05) is 20.2 Å². The number of hydrogen-bond donors (Lipinski definition) is 0. The predicted octanol–water partition coefficient (Wildman–Crippen LogP) is 9.38. The summed E-state index contributed by atoms with van der Waals surface area (Å²) in [6, 6.07) is 37.8. The standard InChI is InChI=1S/C32H21NS/c1-33-19-22-7-6-11-26-23-8-2-3-9-24(23)28-17-20(13-15-27(28)32(22)26)21-14-16-31-29(18-21)25-10-4-5-12-30(25)34-31/h2-18H,1,19H2. The van der Waals surface area contributed by atoms with Crippen molar-refractivity contribution in [2.45, 2.75) is 6.54 Å². The van der Waals surface area contributed by atoms with Gasteiger partial charge < -0.3 is 0 Å². The lowest BCUT2D eigenvalue weighted by atomic mass is 9.90. The summed E-state index contributed by atoms with van der Waals surface area (Å²) in [6.45, 7) is 4.37. The van der Waals surface area contributed by atoms with Crippen LogP contribution in [0.5, 0.6) is 0 Å². The molecule has 0 saturated carbocycles. The van der Waals surface area contributed by atoms with Gasteiger partial charge in [-0.15, -0.1) is 11.3 Å². The average molecular weight is 452 g/mol. The second-order valence-electron chi connectivity index (χ2n) is 8.84. The van der Waals surface area contributed by atoms with Crippen molar-refractivity contribution >= 4 is 70.5 Å². The van der Waals surface area contributed by atoms with E-state index in [-0.39, 0.29) is 0 Å². The molecule has 0 bridgehead atoms. The molecular weight excluding hydrogens is 430 g/mol. The van der Waals surface area contributed by atoms with Crippen LogP contribution in [0.4, 0.5) is 0 Å². The molecule has 1 nitrogen and oxygen atoms in total. The van der Waals surface area contributed by atoms with Crippen LogP contribution >= 0.6 is 11.3 Å². The molecule has 0 fully saturated rings. The zero-order valence-corrected chi connectivity index (χ0v) is 19.4. The van der Waals surface area contributed by atoms with E-state index in [9.17, 15) is 0 Å². The predicted molar refractivity (Wildman–Crippen MR) is 151 cm³/mol. The van der Waals surface area contributed by atoms with E-state index in [2.05, 4.69) is 115 Å². The summed E-state index contributed by atoms with van der Waals surface area (Å²) in [5.74, 6) is 0. The molecule has 0 N–H and O–H groups in total. The minimum atomic E-state index is 0.619. The molecular formula is C32H21NS. The first-order valence-corrected chi connectivity index (χ1v) is 12.3. The van der Waals surface area contributed by atoms with Crippen LogP contribution in [0.15, 0.2) is 108 Å². The van der Waals surface area contributed by atoms with Crippen molar-refractivity contribution in [1.29, 1.82) is 0 Å². The highest BCUT2D eigenvalue weighted by Gasteiger charge is 2.13. The Morgan fingerprint density at radius 2 is 1.15 bits per heavy atom. The number of thiophene rings is 1. The van der Waals surface area contributed by atoms with E-state index in [4.69, 9.17) is 0 Å². The average Bonchev–Trinajstić information content (AvgIpc) is 3.27. The fraction of sp³-hybridized carbons (Fsp3) is 0.0312. The van der Waals surface area contributed by atoms with Crippen molar-refractivity contribution in [3.63, 3.8) is 0 Å². The highest BCUT2D eigenvalue weighted by atomic mass is 32.1. The summed E-state index contributed by atoms with van der Waals surface area (Å²) < 4.78 is 2.68. The lowest BCUT2D eigenvalue weighted by molar-refractivity contribution is 1.10. The minimum absolute atomic E-state index is 0.619. The maximum absolute atomic E-state index is 4.21. The Bertz CT molecular complexity index is 1910. The van der Waals surface area contributed by atoms with Crippen molar-refractivity contribution in [1.82, 2.24) is 0 Å². The van der Waals surface area contributed by atoms with Crippen LogP contribution in [0.1, 0.15) is 5.56 Å². The van der Waals surface area contributed by atoms with Crippen LogP contribution in [-0.4, -0.2) is 6.72 Å². The first kappa shape index (κ1) is 19.5. The summed E-state index contributed by atoms with van der Waals surface area (Å²) in [5.41, 5.74) is 3.72. The zero-order valence-electron chi connectivity index (χ0n) is 18.6. The van der Waals surface area contributed by atoms with Crippen molar-refractivity contribution < 1.29 is 0 Å². The smallest absolute Gasteiger partial charge is 0.0638 e. The molecule has 7 aromatic rings. The highest BCUT2D eigenvalue weighted by molar-refractivity contribution is 7.25. The Morgan fingerprint density at radius 3 is 1.97 bits per heavy atom. The molecule has 0 aliphatic rings. The summed E-state index contributed by atoms with van der Waals surface area (Å²) in [6.07, 6.45) is 0. The van der Waals surface area contributed by atoms with Crippen LogP contribution in [0.2, 0.25) is 0 Å². The molecule has 0 aliphatic heterocycles. The van der Waals surface area contributed by atoms with E-state index in [1.54, 1.807) is 0 Å². The first-order chi connectivity index (χ1) is 16.8. The molecule has 0 radical (unpaired) electrons. The summed E-state index contributed by atoms with van der Waals surface area (Å²) in [5, 5.41) is 10.4. The second kappa shape index (κ2) is 7.51. The molecule has 160 valence electrons. The molecule has 1 heterocycles. The molecule has 2 heteroatoms. The third kappa shape index (κ3) is 2.82. The fourth-order valence-electron chi connectivity index (χ4n) is 5.42. The van der Waals surface area contributed by atoms with Gasteiger partial charge in [-0.3, -0.25) is 4.99 Å². The number of fused-ring (bicyclic) bond motifs is 9. The van der Waals surface area contributed by atoms with E-state index in [0.29, 0.717) is 6.54 Å². The van der Waals surface area contributed by atoms with E-state index in [1.165, 1.54) is 69.2 Å². The third-order valence-electron chi connectivity index (χ3n) is 6.94. The van der Waals surface area contributed by atoms with E-state index >= 15 is 0 Å². The SMILES string of the molecule is C=NCc1cccc2c3ccccc3c3cc(-c4ccc5sc6ccccc6c5c4)ccc3c12. The largest absolute Gasteiger partial charge is 0.296 e. The van der Waals surface area contributed by atoms with Gasteiger partial charge in [0.1, 0.15) is 0 Å². The Kier molecular flexibility index (Phi) is 4.30. The molecule has 6 aromatic carbocycles. The quantitative estimate of drug-likeness (QED) is 0.187. The van der Waals surface area contributed by atoms with Gasteiger partial charge in [-0.2, -0.15) is 0 Å². The maximum Gasteiger partial charge on any atom is 0.0638 e. The van der Waals surface area contributed by atoms with Crippen LogP contribution in [0.3, 0.4) is 0 Å². The first-order valence-electron chi connectivity index (χ1n) is 11.5. The van der Waals surface area contributed by atoms with Crippen molar-refractivity contribution in [3.8, 4) is 11.1 Å². The normalized spacial score (nSPS) is 11.8. The van der Waals surface area contributed by atoms with E-state index in [1.807, 2.05) is 11.3 Å². The summed E-state index contributed by atoms with van der Waals surface area (Å²) >= 11 is 1.86. The van der Waals surface area contributed by atoms with Gasteiger partial charge in [0.05, 0.1) is 6.54 Å². The van der Waals surface area contributed by atoms with Crippen LogP contribution in [0.25, 0.3) is 63.6 Å². The second-order valence-corrected chi connectivity index (χ2v) is 9.92. The monoisotopic (exact) mass is 451 g/mol. The molecule has 0 amide bonds. The molecule has 0 unspecified atom stereocenters. The Morgan fingerprint density at radius 1 is 0.529 bits per heavy atom. The van der Waals surface area contributed by atoms with E-state index in [0.717, 1.165) is 0 Å². The van der Waals surface area contributed by atoms with Gasteiger partial charge >= 0.3 is 0 Å². The zero-order chi connectivity index (χ0) is 22.6. The van der Waals surface area contributed by atoms with Gasteiger partial charge in [0.25, 0.3) is 0 Å². The highest BCUT2D eigenvalue weighted by Crippen LogP contribution is 2.40. The third-order valence-corrected chi connectivity index (χ3v) is 8.09. The van der Waals surface area contributed by atoms with Crippen LogP contribution < -0.4 is 0 Å². The molecule has 0 saturated heterocycles. The Labute approximate surface area is 201 Å². The van der Waals surface area contributed by atoms with Crippen LogP contribution in [-0.2, 0) is 6.54 Å². The number of hydrogen-bond acceptors (Lipinski definition) is 2. The lowest BCUT2D eigenvalue weighted by Crippen LogP contribution is -1.90. The molecule has 7 rings (SSSR count). The van der Waals surface area contributed by atoms with Crippen molar-refractivity contribution in [2.24, 2.45) is 4.99 Å². The van der Waals surface area contributed by atoms with Crippen LogP contribution in [0, 0.1) is 0 Å². The van der Waals surface area contributed by atoms with E-state index < -0.39 is 0 Å². The maximum atomic E-state index is 4.21. The topological polar surface area (TPSA) is 12.4 Å². The fourth-order valence-corrected chi connectivity index (χ4v) is 6.50. The number of rotatable bonds is 3. The van der Waals surface area contributed by atoms with Gasteiger partial charge in [0.15, 0.2) is 0 Å². The lowest BCUT2D eigenvalue weighted by Gasteiger charge is -2.14. The summed E-state index contributed by atoms with van der Waals surface area (Å²) in [4.78, 5) is 4.21. The van der Waals surface area contributed by atoms with Gasteiger partial charge in [-0.05, 0) is 80.0 Å². The Hall–Kier alpha value is -4.01. The Balaban J connectivity index is 1.55. The van der Waals surface area contributed by atoms with Gasteiger partial charge in [-0.25, -0.2) is 0 Å². The number of nitrogens with zero attached hydrogens (tertiary/aromatic N) is 1. The summed E-state index contributed by atoms with van der Waals surface area (Å²) in [7, 11) is 0. The number of benzene rings is 6. The molecule has 1 aromatic heterocycles. The number of aliphatic imine (C=N–C) groups is 1. The van der Waals surface area contributed by atoms with Gasteiger partial charge in [0.2, 0.25) is 0 Å². The van der Waals surface area contributed by atoms with Gasteiger partial charge in [-0.1, -0.05) is 78.9 Å². The minimum Gasteiger partial charge on any atom is -0.296 e. The molecule has 0 aliphatic carbocycles.